The molecule has 2 N–H and O–H groups in total. The van der Waals surface area contributed by atoms with Gasteiger partial charge in [0, 0.05) is 12.1 Å². The summed E-state index contributed by atoms with van der Waals surface area (Å²) in [6, 6.07) is 0.914. The molecule has 1 fully saturated rings. The first-order valence-electron chi connectivity index (χ1n) is 5.55. The van der Waals surface area contributed by atoms with E-state index < -0.39 is 0 Å². The number of amides is 1. The highest BCUT2D eigenvalue weighted by Gasteiger charge is 2.22. The van der Waals surface area contributed by atoms with Crippen LogP contribution in [0.15, 0.2) is 6.20 Å². The molecule has 0 atom stereocenters. The van der Waals surface area contributed by atoms with Crippen molar-refractivity contribution in [2.75, 3.05) is 7.05 Å². The summed E-state index contributed by atoms with van der Waals surface area (Å²) in [5, 5.41) is 9.96. The highest BCUT2D eigenvalue weighted by atomic mass is 32.1. The topological polar surface area (TPSA) is 66.9 Å². The quantitative estimate of drug-likeness (QED) is 0.820. The van der Waals surface area contributed by atoms with Gasteiger partial charge in [-0.2, -0.15) is 0 Å². The summed E-state index contributed by atoms with van der Waals surface area (Å²) in [5.41, 5.74) is 0. The molecule has 6 heteroatoms. The predicted molar refractivity (Wildman–Crippen MR) is 62.5 cm³/mol. The van der Waals surface area contributed by atoms with Gasteiger partial charge in [0.1, 0.15) is 4.88 Å². The lowest BCUT2D eigenvalue weighted by Crippen LogP contribution is -2.41. The molecule has 16 heavy (non-hydrogen) atoms. The van der Waals surface area contributed by atoms with Crippen LogP contribution in [0, 0.1) is 0 Å². The summed E-state index contributed by atoms with van der Waals surface area (Å²) in [5.74, 6) is -0.0390. The molecule has 0 radical (unpaired) electrons. The molecular weight excluding hydrogens is 224 g/mol. The van der Waals surface area contributed by atoms with Gasteiger partial charge >= 0.3 is 0 Å². The van der Waals surface area contributed by atoms with Crippen LogP contribution in [0.5, 0.6) is 0 Å². The molecule has 1 amide bonds. The smallest absolute Gasteiger partial charge is 0.264 e. The van der Waals surface area contributed by atoms with Gasteiger partial charge in [-0.05, 0) is 44.3 Å². The first kappa shape index (κ1) is 11.5. The SMILES string of the molecule is CNC1CCC(NC(=O)c2cnns2)CC1. The minimum Gasteiger partial charge on any atom is -0.349 e. The van der Waals surface area contributed by atoms with Crippen LogP contribution >= 0.6 is 11.5 Å². The highest BCUT2D eigenvalue weighted by Crippen LogP contribution is 2.18. The van der Waals surface area contributed by atoms with E-state index >= 15 is 0 Å². The molecule has 1 saturated carbocycles. The highest BCUT2D eigenvalue weighted by molar-refractivity contribution is 7.07. The Morgan fingerprint density at radius 2 is 2.06 bits per heavy atom. The number of aromatic nitrogens is 2. The molecule has 1 aromatic rings. The zero-order valence-electron chi connectivity index (χ0n) is 9.27. The second kappa shape index (κ2) is 5.36. The Labute approximate surface area is 98.8 Å². The van der Waals surface area contributed by atoms with Gasteiger partial charge in [0.05, 0.1) is 6.20 Å². The van der Waals surface area contributed by atoms with Gasteiger partial charge in [-0.3, -0.25) is 4.79 Å². The van der Waals surface area contributed by atoms with Crippen molar-refractivity contribution in [3.63, 3.8) is 0 Å². The molecule has 5 nitrogen and oxygen atoms in total. The normalized spacial score (nSPS) is 25.3. The minimum atomic E-state index is -0.0390. The summed E-state index contributed by atoms with van der Waals surface area (Å²) in [7, 11) is 1.99. The molecule has 0 unspecified atom stereocenters. The Hall–Kier alpha value is -1.01. The van der Waals surface area contributed by atoms with Crippen LogP contribution in [0.25, 0.3) is 0 Å². The first-order chi connectivity index (χ1) is 7.79. The molecule has 2 rings (SSSR count). The molecule has 0 aromatic carbocycles. The number of hydrogen-bond acceptors (Lipinski definition) is 5. The van der Waals surface area contributed by atoms with Gasteiger partial charge in [0.15, 0.2) is 0 Å². The van der Waals surface area contributed by atoms with Crippen molar-refractivity contribution < 1.29 is 4.79 Å². The summed E-state index contributed by atoms with van der Waals surface area (Å²) < 4.78 is 3.68. The average Bonchev–Trinajstić information content (AvgIpc) is 2.83. The van der Waals surface area contributed by atoms with E-state index in [1.807, 2.05) is 7.05 Å². The molecule has 1 aliphatic rings. The van der Waals surface area contributed by atoms with Gasteiger partial charge in [-0.1, -0.05) is 4.49 Å². The van der Waals surface area contributed by atoms with Crippen LogP contribution in [0.2, 0.25) is 0 Å². The average molecular weight is 240 g/mol. The number of rotatable bonds is 3. The number of carbonyl (C=O) groups excluding carboxylic acids is 1. The summed E-state index contributed by atoms with van der Waals surface area (Å²) >= 11 is 1.14. The molecule has 0 aliphatic heterocycles. The second-order valence-corrected chi connectivity index (χ2v) is 4.88. The number of nitrogens with zero attached hydrogens (tertiary/aromatic N) is 2. The third kappa shape index (κ3) is 2.76. The van der Waals surface area contributed by atoms with E-state index in [2.05, 4.69) is 20.2 Å². The molecule has 1 heterocycles. The van der Waals surface area contributed by atoms with Gasteiger partial charge in [-0.15, -0.1) is 5.10 Å². The molecule has 88 valence electrons. The zero-order chi connectivity index (χ0) is 11.4. The van der Waals surface area contributed by atoms with Crippen molar-refractivity contribution in [1.82, 2.24) is 20.2 Å². The number of carbonyl (C=O) groups is 1. The van der Waals surface area contributed by atoms with Crippen LogP contribution in [-0.2, 0) is 0 Å². The van der Waals surface area contributed by atoms with Crippen molar-refractivity contribution in [3.8, 4) is 0 Å². The van der Waals surface area contributed by atoms with Crippen LogP contribution in [-0.4, -0.2) is 34.6 Å². The Bertz CT molecular complexity index is 333. The standard InChI is InChI=1S/C10H16N4OS/c1-11-7-2-4-8(5-3-7)13-10(15)9-6-12-14-16-9/h6-8,11H,2-5H2,1H3,(H,13,15). The number of nitrogens with one attached hydrogen (secondary N) is 2. The van der Waals surface area contributed by atoms with E-state index in [0.717, 1.165) is 37.2 Å². The van der Waals surface area contributed by atoms with Crippen molar-refractivity contribution in [3.05, 3.63) is 11.1 Å². The lowest BCUT2D eigenvalue weighted by atomic mass is 9.91. The Balaban J connectivity index is 1.81. The Kier molecular flexibility index (Phi) is 3.84. The maximum Gasteiger partial charge on any atom is 0.264 e. The maximum absolute atomic E-state index is 11.7. The molecule has 0 saturated heterocycles. The van der Waals surface area contributed by atoms with E-state index in [1.165, 1.54) is 6.20 Å². The van der Waals surface area contributed by atoms with E-state index in [9.17, 15) is 4.79 Å². The van der Waals surface area contributed by atoms with Crippen LogP contribution in [0.4, 0.5) is 0 Å². The largest absolute Gasteiger partial charge is 0.349 e. The zero-order valence-corrected chi connectivity index (χ0v) is 10.1. The van der Waals surface area contributed by atoms with Crippen LogP contribution in [0.1, 0.15) is 35.4 Å². The molecule has 1 aromatic heterocycles. The fourth-order valence-corrected chi connectivity index (χ4v) is 2.47. The van der Waals surface area contributed by atoms with E-state index in [1.54, 1.807) is 0 Å². The maximum atomic E-state index is 11.7. The second-order valence-electron chi connectivity index (χ2n) is 4.09. The summed E-state index contributed by atoms with van der Waals surface area (Å²) in [6.45, 7) is 0. The van der Waals surface area contributed by atoms with Gasteiger partial charge in [-0.25, -0.2) is 0 Å². The fraction of sp³-hybridized carbons (Fsp3) is 0.700. The summed E-state index contributed by atoms with van der Waals surface area (Å²) in [6.07, 6.45) is 5.86. The Morgan fingerprint density at radius 3 is 2.62 bits per heavy atom. The monoisotopic (exact) mass is 240 g/mol. The molecular formula is C10H16N4OS. The van der Waals surface area contributed by atoms with Gasteiger partial charge in [0.2, 0.25) is 0 Å². The van der Waals surface area contributed by atoms with E-state index in [4.69, 9.17) is 0 Å². The van der Waals surface area contributed by atoms with E-state index in [-0.39, 0.29) is 5.91 Å². The van der Waals surface area contributed by atoms with Crippen molar-refractivity contribution in [1.29, 1.82) is 0 Å². The summed E-state index contributed by atoms with van der Waals surface area (Å²) in [4.78, 5) is 12.3. The van der Waals surface area contributed by atoms with Crippen LogP contribution < -0.4 is 10.6 Å². The first-order valence-corrected chi connectivity index (χ1v) is 6.32. The van der Waals surface area contributed by atoms with Crippen molar-refractivity contribution in [2.24, 2.45) is 0 Å². The minimum absolute atomic E-state index is 0.0390. The Morgan fingerprint density at radius 1 is 1.38 bits per heavy atom. The fourth-order valence-electron chi connectivity index (χ4n) is 2.05. The predicted octanol–water partition coefficient (Wildman–Crippen LogP) is 0.798. The van der Waals surface area contributed by atoms with Gasteiger partial charge in [0.25, 0.3) is 5.91 Å². The van der Waals surface area contributed by atoms with E-state index in [0.29, 0.717) is 17.0 Å². The van der Waals surface area contributed by atoms with Gasteiger partial charge < -0.3 is 10.6 Å². The lowest BCUT2D eigenvalue weighted by Gasteiger charge is -2.28. The molecule has 0 bridgehead atoms. The lowest BCUT2D eigenvalue weighted by molar-refractivity contribution is 0.0928. The van der Waals surface area contributed by atoms with Crippen LogP contribution in [0.3, 0.4) is 0 Å². The van der Waals surface area contributed by atoms with Crippen molar-refractivity contribution >= 4 is 17.4 Å². The molecule has 0 spiro atoms. The molecule has 1 aliphatic carbocycles. The third-order valence-corrected chi connectivity index (χ3v) is 3.72. The van der Waals surface area contributed by atoms with Crippen molar-refractivity contribution in [2.45, 2.75) is 37.8 Å². The number of hydrogen-bond donors (Lipinski definition) is 2. The third-order valence-electron chi connectivity index (χ3n) is 3.06.